The van der Waals surface area contributed by atoms with Crippen molar-refractivity contribution in [2.75, 3.05) is 6.61 Å². The molecule has 2 aromatic carbocycles. The minimum Gasteiger partial charge on any atom is -0.494 e. The van der Waals surface area contributed by atoms with E-state index in [2.05, 4.69) is 24.4 Å². The highest BCUT2D eigenvalue weighted by atomic mass is 16.6. The molecule has 26 heavy (non-hydrogen) atoms. The largest absolute Gasteiger partial charge is 0.494 e. The third-order valence-corrected chi connectivity index (χ3v) is 3.56. The van der Waals surface area contributed by atoms with Gasteiger partial charge in [0.1, 0.15) is 5.75 Å². The van der Waals surface area contributed by atoms with Crippen molar-refractivity contribution in [1.82, 2.24) is 5.43 Å². The Labute approximate surface area is 151 Å². The molecule has 136 valence electrons. The summed E-state index contributed by atoms with van der Waals surface area (Å²) in [6.45, 7) is 4.91. The van der Waals surface area contributed by atoms with Gasteiger partial charge >= 0.3 is 0 Å². The van der Waals surface area contributed by atoms with E-state index in [0.29, 0.717) is 23.7 Å². The van der Waals surface area contributed by atoms with Crippen LogP contribution in [0.4, 0.5) is 5.69 Å². The van der Waals surface area contributed by atoms with Gasteiger partial charge in [0.2, 0.25) is 0 Å². The molecule has 7 heteroatoms. The lowest BCUT2D eigenvalue weighted by Crippen LogP contribution is -2.17. The number of non-ortho nitro benzene ring substituents is 1. The van der Waals surface area contributed by atoms with Gasteiger partial charge in [-0.2, -0.15) is 5.10 Å². The van der Waals surface area contributed by atoms with E-state index < -0.39 is 4.92 Å². The molecule has 2 aromatic rings. The van der Waals surface area contributed by atoms with E-state index in [1.807, 2.05) is 0 Å². The second kappa shape index (κ2) is 9.31. The van der Waals surface area contributed by atoms with Gasteiger partial charge in [-0.1, -0.05) is 13.8 Å². The van der Waals surface area contributed by atoms with E-state index in [0.717, 1.165) is 12.2 Å². The number of benzene rings is 2. The van der Waals surface area contributed by atoms with Gasteiger partial charge in [0.25, 0.3) is 11.6 Å². The highest BCUT2D eigenvalue weighted by Crippen LogP contribution is 2.13. The average molecular weight is 355 g/mol. The Hall–Kier alpha value is -3.22. The van der Waals surface area contributed by atoms with Gasteiger partial charge in [-0.3, -0.25) is 14.9 Å². The van der Waals surface area contributed by atoms with Gasteiger partial charge in [-0.15, -0.1) is 0 Å². The van der Waals surface area contributed by atoms with Crippen LogP contribution in [0.2, 0.25) is 0 Å². The lowest BCUT2D eigenvalue weighted by atomic mass is 10.1. The molecule has 0 saturated heterocycles. The molecule has 0 atom stereocenters. The maximum absolute atomic E-state index is 12.0. The molecule has 0 aliphatic heterocycles. The van der Waals surface area contributed by atoms with E-state index in [1.165, 1.54) is 18.3 Å². The first-order valence-electron chi connectivity index (χ1n) is 8.26. The number of ether oxygens (including phenoxy) is 1. The predicted molar refractivity (Wildman–Crippen MR) is 99.5 cm³/mol. The number of hydrazone groups is 1. The highest BCUT2D eigenvalue weighted by Gasteiger charge is 2.05. The van der Waals surface area contributed by atoms with Crippen molar-refractivity contribution in [3.05, 3.63) is 69.8 Å². The van der Waals surface area contributed by atoms with E-state index in [4.69, 9.17) is 4.74 Å². The number of nitrogens with one attached hydrogen (secondary N) is 1. The normalized spacial score (nSPS) is 10.9. The van der Waals surface area contributed by atoms with E-state index in [9.17, 15) is 14.9 Å². The predicted octanol–water partition coefficient (Wildman–Crippen LogP) is 3.78. The third-order valence-electron chi connectivity index (χ3n) is 3.56. The van der Waals surface area contributed by atoms with Gasteiger partial charge in [0, 0.05) is 17.7 Å². The maximum Gasteiger partial charge on any atom is 0.271 e. The molecule has 0 aliphatic rings. The SMILES string of the molecule is CC(C)CCOc1ccc(C(=O)N/N=C/c2ccc([N+](=O)[O-])cc2)cc1. The molecule has 0 saturated carbocycles. The van der Waals surface area contributed by atoms with Crippen molar-refractivity contribution in [1.29, 1.82) is 0 Å². The van der Waals surface area contributed by atoms with Crippen LogP contribution in [0.1, 0.15) is 36.2 Å². The summed E-state index contributed by atoms with van der Waals surface area (Å²) in [6.07, 6.45) is 2.39. The zero-order valence-electron chi connectivity index (χ0n) is 14.7. The number of nitro benzene ring substituents is 1. The molecule has 7 nitrogen and oxygen atoms in total. The summed E-state index contributed by atoms with van der Waals surface area (Å²) in [4.78, 5) is 22.2. The second-order valence-electron chi connectivity index (χ2n) is 6.10. The van der Waals surface area contributed by atoms with Crippen molar-refractivity contribution in [3.63, 3.8) is 0 Å². The Morgan fingerprint density at radius 3 is 2.42 bits per heavy atom. The molecule has 1 N–H and O–H groups in total. The summed E-state index contributed by atoms with van der Waals surface area (Å²) in [5.74, 6) is 0.946. The fourth-order valence-electron chi connectivity index (χ4n) is 2.03. The second-order valence-corrected chi connectivity index (χ2v) is 6.10. The van der Waals surface area contributed by atoms with Crippen LogP contribution in [0, 0.1) is 16.0 Å². The van der Waals surface area contributed by atoms with Crippen LogP contribution in [0.15, 0.2) is 53.6 Å². The maximum atomic E-state index is 12.0. The molecule has 0 aromatic heterocycles. The number of hydrogen-bond acceptors (Lipinski definition) is 5. The molecule has 0 radical (unpaired) electrons. The standard InChI is InChI=1S/C19H21N3O4/c1-14(2)11-12-26-18-9-5-16(6-10-18)19(23)21-20-13-15-3-7-17(8-4-15)22(24)25/h3-10,13-14H,11-12H2,1-2H3,(H,21,23)/b20-13+. The molecule has 0 bridgehead atoms. The van der Waals surface area contributed by atoms with Crippen LogP contribution in [0.3, 0.4) is 0 Å². The molecule has 1 amide bonds. The van der Waals surface area contributed by atoms with Crippen LogP contribution in [0.25, 0.3) is 0 Å². The van der Waals surface area contributed by atoms with E-state index in [1.54, 1.807) is 36.4 Å². The minimum absolute atomic E-state index is 0.00175. The first-order valence-corrected chi connectivity index (χ1v) is 8.26. The first-order chi connectivity index (χ1) is 12.5. The van der Waals surface area contributed by atoms with Crippen molar-refractivity contribution in [2.45, 2.75) is 20.3 Å². The topological polar surface area (TPSA) is 93.8 Å². The number of amides is 1. The van der Waals surface area contributed by atoms with Gasteiger partial charge in [-0.25, -0.2) is 5.43 Å². The van der Waals surface area contributed by atoms with Crippen molar-refractivity contribution >= 4 is 17.8 Å². The Balaban J connectivity index is 1.86. The summed E-state index contributed by atoms with van der Waals surface area (Å²) in [5.41, 5.74) is 3.52. The molecule has 0 spiro atoms. The summed E-state index contributed by atoms with van der Waals surface area (Å²) < 4.78 is 5.61. The number of nitrogens with zero attached hydrogens (tertiary/aromatic N) is 2. The Kier molecular flexibility index (Phi) is 6.84. The summed E-state index contributed by atoms with van der Waals surface area (Å²) in [5, 5.41) is 14.4. The van der Waals surface area contributed by atoms with Crippen LogP contribution in [-0.2, 0) is 0 Å². The molecule has 0 fully saturated rings. The lowest BCUT2D eigenvalue weighted by molar-refractivity contribution is -0.384. The van der Waals surface area contributed by atoms with Gasteiger partial charge in [-0.05, 0) is 54.3 Å². The fraction of sp³-hybridized carbons (Fsp3) is 0.263. The molecule has 2 rings (SSSR count). The Morgan fingerprint density at radius 2 is 1.85 bits per heavy atom. The Bertz CT molecular complexity index is 768. The van der Waals surface area contributed by atoms with Crippen LogP contribution >= 0.6 is 0 Å². The number of rotatable bonds is 8. The lowest BCUT2D eigenvalue weighted by Gasteiger charge is -2.08. The van der Waals surface area contributed by atoms with Crippen LogP contribution < -0.4 is 10.2 Å². The van der Waals surface area contributed by atoms with Gasteiger partial charge < -0.3 is 4.74 Å². The van der Waals surface area contributed by atoms with Crippen molar-refractivity contribution in [3.8, 4) is 5.75 Å². The zero-order chi connectivity index (χ0) is 18.9. The zero-order valence-corrected chi connectivity index (χ0v) is 14.7. The summed E-state index contributed by atoms with van der Waals surface area (Å²) >= 11 is 0. The van der Waals surface area contributed by atoms with Crippen LogP contribution in [0.5, 0.6) is 5.75 Å². The fourth-order valence-corrected chi connectivity index (χ4v) is 2.03. The van der Waals surface area contributed by atoms with E-state index in [-0.39, 0.29) is 11.6 Å². The monoisotopic (exact) mass is 355 g/mol. The third kappa shape index (κ3) is 6.01. The highest BCUT2D eigenvalue weighted by molar-refractivity contribution is 5.95. The number of nitro groups is 1. The van der Waals surface area contributed by atoms with Gasteiger partial charge in [0.15, 0.2) is 0 Å². The smallest absolute Gasteiger partial charge is 0.271 e. The number of hydrogen-bond donors (Lipinski definition) is 1. The van der Waals surface area contributed by atoms with Crippen molar-refractivity contribution < 1.29 is 14.5 Å². The molecular formula is C19H21N3O4. The number of carbonyl (C=O) groups is 1. The summed E-state index contributed by atoms with van der Waals surface area (Å²) in [6, 6.07) is 12.7. The first kappa shape index (κ1) is 19.1. The number of carbonyl (C=O) groups excluding carboxylic acids is 1. The molecule has 0 unspecified atom stereocenters. The molecular weight excluding hydrogens is 334 g/mol. The van der Waals surface area contributed by atoms with Gasteiger partial charge in [0.05, 0.1) is 17.7 Å². The van der Waals surface area contributed by atoms with E-state index >= 15 is 0 Å². The Morgan fingerprint density at radius 1 is 1.19 bits per heavy atom. The van der Waals surface area contributed by atoms with Crippen molar-refractivity contribution in [2.24, 2.45) is 11.0 Å². The molecule has 0 aliphatic carbocycles. The quantitative estimate of drug-likeness (QED) is 0.443. The minimum atomic E-state index is -0.473. The van der Waals surface area contributed by atoms with Crippen LogP contribution in [-0.4, -0.2) is 23.7 Å². The molecule has 0 heterocycles. The average Bonchev–Trinajstić information content (AvgIpc) is 2.62. The summed E-state index contributed by atoms with van der Waals surface area (Å²) in [7, 11) is 0.